The number of hydrogen-bond acceptors (Lipinski definition) is 2. The Morgan fingerprint density at radius 1 is 1.40 bits per heavy atom. The molecular formula is C11H15NO3. The first-order valence-corrected chi connectivity index (χ1v) is 4.89. The fraction of sp³-hybridized carbons (Fsp3) is 0.364. The van der Waals surface area contributed by atoms with Crippen LogP contribution in [-0.4, -0.2) is 22.3 Å². The molecule has 0 radical (unpaired) electrons. The second-order valence-corrected chi connectivity index (χ2v) is 3.43. The fourth-order valence-corrected chi connectivity index (χ4v) is 1.39. The van der Waals surface area contributed by atoms with Gasteiger partial charge in [-0.1, -0.05) is 19.1 Å². The Balaban J connectivity index is 2.58. The molecule has 82 valence electrons. The van der Waals surface area contributed by atoms with E-state index in [9.17, 15) is 4.79 Å². The summed E-state index contributed by atoms with van der Waals surface area (Å²) in [5.41, 5.74) is 1.01. The maximum Gasteiger partial charge on any atom is 0.404 e. The van der Waals surface area contributed by atoms with E-state index in [1.807, 2.05) is 6.92 Å². The lowest BCUT2D eigenvalue weighted by Crippen LogP contribution is -2.34. The minimum atomic E-state index is -0.999. The molecule has 0 aliphatic carbocycles. The average Bonchev–Trinajstić information content (AvgIpc) is 2.19. The number of phenols is 1. The lowest BCUT2D eigenvalue weighted by atomic mass is 10.0. The first-order chi connectivity index (χ1) is 7.11. The van der Waals surface area contributed by atoms with E-state index in [2.05, 4.69) is 5.32 Å². The van der Waals surface area contributed by atoms with Crippen LogP contribution in [0, 0.1) is 0 Å². The van der Waals surface area contributed by atoms with Gasteiger partial charge in [-0.25, -0.2) is 4.79 Å². The van der Waals surface area contributed by atoms with Crippen molar-refractivity contribution in [1.29, 1.82) is 0 Å². The van der Waals surface area contributed by atoms with Gasteiger partial charge in [-0.3, -0.25) is 0 Å². The Kier molecular flexibility index (Phi) is 3.97. The molecule has 15 heavy (non-hydrogen) atoms. The van der Waals surface area contributed by atoms with Crippen molar-refractivity contribution in [3.8, 4) is 5.75 Å². The molecule has 1 aromatic carbocycles. The highest BCUT2D eigenvalue weighted by atomic mass is 16.4. The van der Waals surface area contributed by atoms with Crippen LogP contribution in [0.4, 0.5) is 4.79 Å². The minimum Gasteiger partial charge on any atom is -0.508 e. The molecule has 0 bridgehead atoms. The molecule has 0 aromatic heterocycles. The molecule has 0 fully saturated rings. The Morgan fingerprint density at radius 3 is 2.47 bits per heavy atom. The molecule has 4 nitrogen and oxygen atoms in total. The Labute approximate surface area is 88.6 Å². The van der Waals surface area contributed by atoms with Crippen LogP contribution in [0.5, 0.6) is 5.75 Å². The SMILES string of the molecule is CC[C@H](Cc1ccc(O)cc1)NC(=O)O. The number of aromatic hydroxyl groups is 1. The number of carbonyl (C=O) groups is 1. The van der Waals surface area contributed by atoms with Gasteiger partial charge in [0.25, 0.3) is 0 Å². The van der Waals surface area contributed by atoms with Crippen LogP contribution in [0.15, 0.2) is 24.3 Å². The highest BCUT2D eigenvalue weighted by Crippen LogP contribution is 2.12. The standard InChI is InChI=1S/C11H15NO3/c1-2-9(12-11(14)15)7-8-3-5-10(13)6-4-8/h3-6,9,12-13H,2,7H2,1H3,(H,14,15)/t9-/m1/s1. The van der Waals surface area contributed by atoms with Gasteiger partial charge in [-0.05, 0) is 30.5 Å². The van der Waals surface area contributed by atoms with E-state index in [0.717, 1.165) is 12.0 Å². The molecule has 3 N–H and O–H groups in total. The van der Waals surface area contributed by atoms with E-state index in [1.54, 1.807) is 24.3 Å². The van der Waals surface area contributed by atoms with Gasteiger partial charge < -0.3 is 15.5 Å². The van der Waals surface area contributed by atoms with Crippen molar-refractivity contribution < 1.29 is 15.0 Å². The number of amides is 1. The van der Waals surface area contributed by atoms with Crippen molar-refractivity contribution in [2.24, 2.45) is 0 Å². The van der Waals surface area contributed by atoms with Crippen molar-refractivity contribution in [1.82, 2.24) is 5.32 Å². The number of hydrogen-bond donors (Lipinski definition) is 3. The van der Waals surface area contributed by atoms with Crippen LogP contribution in [0.25, 0.3) is 0 Å². The Morgan fingerprint density at radius 2 is 2.00 bits per heavy atom. The van der Waals surface area contributed by atoms with E-state index < -0.39 is 6.09 Å². The van der Waals surface area contributed by atoms with Gasteiger partial charge in [0.15, 0.2) is 0 Å². The molecule has 0 saturated carbocycles. The third kappa shape index (κ3) is 3.89. The summed E-state index contributed by atoms with van der Waals surface area (Å²) >= 11 is 0. The van der Waals surface area contributed by atoms with E-state index in [0.29, 0.717) is 6.42 Å². The quantitative estimate of drug-likeness (QED) is 0.710. The van der Waals surface area contributed by atoms with Crippen molar-refractivity contribution in [3.63, 3.8) is 0 Å². The van der Waals surface area contributed by atoms with Crippen LogP contribution in [-0.2, 0) is 6.42 Å². The molecular weight excluding hydrogens is 194 g/mol. The van der Waals surface area contributed by atoms with Crippen molar-refractivity contribution >= 4 is 6.09 Å². The monoisotopic (exact) mass is 209 g/mol. The molecule has 0 unspecified atom stereocenters. The summed E-state index contributed by atoms with van der Waals surface area (Å²) in [5, 5.41) is 20.1. The van der Waals surface area contributed by atoms with E-state index >= 15 is 0 Å². The van der Waals surface area contributed by atoms with Gasteiger partial charge >= 0.3 is 6.09 Å². The summed E-state index contributed by atoms with van der Waals surface area (Å²) in [6.07, 6.45) is 0.386. The van der Waals surface area contributed by atoms with Crippen LogP contribution in [0.1, 0.15) is 18.9 Å². The molecule has 0 spiro atoms. The maximum atomic E-state index is 10.5. The van der Waals surface area contributed by atoms with Gasteiger partial charge in [0.05, 0.1) is 0 Å². The summed E-state index contributed by atoms with van der Waals surface area (Å²) in [5.74, 6) is 0.220. The summed E-state index contributed by atoms with van der Waals surface area (Å²) in [6, 6.07) is 6.71. The Bertz CT molecular complexity index is 321. The summed E-state index contributed by atoms with van der Waals surface area (Å²) in [7, 11) is 0. The number of carboxylic acid groups (broad SMARTS) is 1. The van der Waals surface area contributed by atoms with Gasteiger partial charge in [0.1, 0.15) is 5.75 Å². The molecule has 1 aromatic rings. The molecule has 0 aliphatic heterocycles. The van der Waals surface area contributed by atoms with Crippen LogP contribution >= 0.6 is 0 Å². The fourth-order valence-electron chi connectivity index (χ4n) is 1.39. The molecule has 0 heterocycles. The molecule has 1 amide bonds. The smallest absolute Gasteiger partial charge is 0.404 e. The second-order valence-electron chi connectivity index (χ2n) is 3.43. The summed E-state index contributed by atoms with van der Waals surface area (Å²) in [4.78, 5) is 10.5. The topological polar surface area (TPSA) is 69.6 Å². The summed E-state index contributed by atoms with van der Waals surface area (Å²) < 4.78 is 0. The van der Waals surface area contributed by atoms with Crippen LogP contribution in [0.3, 0.4) is 0 Å². The van der Waals surface area contributed by atoms with Gasteiger partial charge in [0.2, 0.25) is 0 Å². The maximum absolute atomic E-state index is 10.5. The summed E-state index contributed by atoms with van der Waals surface area (Å²) in [6.45, 7) is 1.93. The zero-order valence-corrected chi connectivity index (χ0v) is 8.60. The predicted octanol–water partition coefficient (Wildman–Crippen LogP) is 1.98. The van der Waals surface area contributed by atoms with E-state index in [1.165, 1.54) is 0 Å². The zero-order valence-electron chi connectivity index (χ0n) is 8.60. The lowest BCUT2D eigenvalue weighted by molar-refractivity contribution is 0.189. The number of benzene rings is 1. The predicted molar refractivity (Wildman–Crippen MR) is 57.1 cm³/mol. The second kappa shape index (κ2) is 5.24. The number of rotatable bonds is 4. The Hall–Kier alpha value is -1.71. The zero-order chi connectivity index (χ0) is 11.3. The van der Waals surface area contributed by atoms with Crippen molar-refractivity contribution in [2.45, 2.75) is 25.8 Å². The highest BCUT2D eigenvalue weighted by molar-refractivity contribution is 5.64. The first kappa shape index (κ1) is 11.4. The lowest BCUT2D eigenvalue weighted by Gasteiger charge is -2.14. The molecule has 4 heteroatoms. The third-order valence-corrected chi connectivity index (χ3v) is 2.24. The van der Waals surface area contributed by atoms with Crippen LogP contribution < -0.4 is 5.32 Å². The van der Waals surface area contributed by atoms with Gasteiger partial charge in [0, 0.05) is 6.04 Å². The van der Waals surface area contributed by atoms with E-state index in [4.69, 9.17) is 10.2 Å². The molecule has 1 atom stereocenters. The van der Waals surface area contributed by atoms with Gasteiger partial charge in [-0.15, -0.1) is 0 Å². The van der Waals surface area contributed by atoms with Crippen molar-refractivity contribution in [3.05, 3.63) is 29.8 Å². The molecule has 0 aliphatic rings. The minimum absolute atomic E-state index is 0.0768. The number of nitrogens with one attached hydrogen (secondary N) is 1. The number of phenolic OH excluding ortho intramolecular Hbond substituents is 1. The normalized spacial score (nSPS) is 12.1. The highest BCUT2D eigenvalue weighted by Gasteiger charge is 2.09. The van der Waals surface area contributed by atoms with E-state index in [-0.39, 0.29) is 11.8 Å². The van der Waals surface area contributed by atoms with Crippen LogP contribution in [0.2, 0.25) is 0 Å². The molecule has 0 saturated heterocycles. The first-order valence-electron chi connectivity index (χ1n) is 4.89. The van der Waals surface area contributed by atoms with Crippen molar-refractivity contribution in [2.75, 3.05) is 0 Å². The average molecular weight is 209 g/mol. The van der Waals surface area contributed by atoms with Gasteiger partial charge in [-0.2, -0.15) is 0 Å². The molecule has 1 rings (SSSR count). The largest absolute Gasteiger partial charge is 0.508 e. The third-order valence-electron chi connectivity index (χ3n) is 2.24.